The fourth-order valence-corrected chi connectivity index (χ4v) is 1.93. The highest BCUT2D eigenvalue weighted by Gasteiger charge is 2.02. The summed E-state index contributed by atoms with van der Waals surface area (Å²) in [5.74, 6) is 0. The standard InChI is InChI=1S/C10H11BrO3S/c1-2-14-15(12,13)8-7-9-3-5-10(11)6-4-9/h3-8H,2H2,1H3. The van der Waals surface area contributed by atoms with Gasteiger partial charge in [-0.05, 0) is 30.7 Å². The molecule has 0 unspecified atom stereocenters. The number of benzene rings is 1. The second kappa shape index (κ2) is 5.44. The van der Waals surface area contributed by atoms with Crippen LogP contribution in [0.4, 0.5) is 0 Å². The molecule has 0 saturated carbocycles. The summed E-state index contributed by atoms with van der Waals surface area (Å²) in [5, 5.41) is 1.06. The van der Waals surface area contributed by atoms with Crippen LogP contribution >= 0.6 is 15.9 Å². The molecule has 0 saturated heterocycles. The zero-order valence-electron chi connectivity index (χ0n) is 8.18. The zero-order valence-corrected chi connectivity index (χ0v) is 10.6. The van der Waals surface area contributed by atoms with Crippen LogP contribution in [0.3, 0.4) is 0 Å². The van der Waals surface area contributed by atoms with Gasteiger partial charge in [-0.15, -0.1) is 0 Å². The van der Waals surface area contributed by atoms with Crippen LogP contribution in [0, 0.1) is 0 Å². The summed E-state index contributed by atoms with van der Waals surface area (Å²) in [7, 11) is -3.53. The Balaban J connectivity index is 2.78. The monoisotopic (exact) mass is 290 g/mol. The molecular weight excluding hydrogens is 280 g/mol. The molecule has 0 aromatic heterocycles. The molecule has 0 spiro atoms. The smallest absolute Gasteiger partial charge is 0.267 e. The molecule has 0 aliphatic rings. The maximum Gasteiger partial charge on any atom is 0.290 e. The molecule has 1 aromatic carbocycles. The summed E-state index contributed by atoms with van der Waals surface area (Å²) < 4.78 is 27.8. The summed E-state index contributed by atoms with van der Waals surface area (Å²) >= 11 is 3.29. The summed E-state index contributed by atoms with van der Waals surface area (Å²) in [5.41, 5.74) is 0.807. The molecule has 0 aliphatic heterocycles. The lowest BCUT2D eigenvalue weighted by molar-refractivity contribution is 0.345. The van der Waals surface area contributed by atoms with Crippen molar-refractivity contribution in [2.24, 2.45) is 0 Å². The first-order valence-corrected chi connectivity index (χ1v) is 6.63. The molecule has 0 heterocycles. The average molecular weight is 291 g/mol. The third-order valence-corrected chi connectivity index (χ3v) is 3.14. The Labute approximate surface area is 98.0 Å². The van der Waals surface area contributed by atoms with E-state index in [4.69, 9.17) is 0 Å². The second-order valence-electron chi connectivity index (χ2n) is 2.75. The van der Waals surface area contributed by atoms with E-state index in [-0.39, 0.29) is 6.61 Å². The first-order chi connectivity index (χ1) is 7.03. The van der Waals surface area contributed by atoms with Gasteiger partial charge in [0.05, 0.1) is 12.0 Å². The van der Waals surface area contributed by atoms with Gasteiger partial charge in [0.25, 0.3) is 10.1 Å². The average Bonchev–Trinajstić information content (AvgIpc) is 2.17. The lowest BCUT2D eigenvalue weighted by Gasteiger charge is -1.96. The molecule has 0 fully saturated rings. The second-order valence-corrected chi connectivity index (χ2v) is 5.16. The molecule has 0 N–H and O–H groups in total. The Hall–Kier alpha value is -0.650. The number of rotatable bonds is 4. The maximum absolute atomic E-state index is 11.2. The Kier molecular flexibility index (Phi) is 4.50. The van der Waals surface area contributed by atoms with Gasteiger partial charge in [0.1, 0.15) is 0 Å². The first-order valence-electron chi connectivity index (χ1n) is 4.36. The van der Waals surface area contributed by atoms with Crippen molar-refractivity contribution in [2.75, 3.05) is 6.61 Å². The largest absolute Gasteiger partial charge is 0.290 e. The fourth-order valence-electron chi connectivity index (χ4n) is 0.939. The van der Waals surface area contributed by atoms with Gasteiger partial charge in [-0.2, -0.15) is 8.42 Å². The number of hydrogen-bond acceptors (Lipinski definition) is 3. The maximum atomic E-state index is 11.2. The van der Waals surface area contributed by atoms with Crippen LogP contribution in [0.1, 0.15) is 12.5 Å². The summed E-state index contributed by atoms with van der Waals surface area (Å²) in [6, 6.07) is 7.30. The van der Waals surface area contributed by atoms with E-state index in [1.54, 1.807) is 6.92 Å². The van der Waals surface area contributed by atoms with Gasteiger partial charge in [0, 0.05) is 4.47 Å². The van der Waals surface area contributed by atoms with Gasteiger partial charge in [-0.1, -0.05) is 28.1 Å². The lowest BCUT2D eigenvalue weighted by atomic mass is 10.2. The Morgan fingerprint density at radius 2 is 1.93 bits per heavy atom. The third kappa shape index (κ3) is 4.59. The quantitative estimate of drug-likeness (QED) is 0.801. The minimum Gasteiger partial charge on any atom is -0.267 e. The van der Waals surface area contributed by atoms with Gasteiger partial charge in [0.2, 0.25) is 0 Å². The van der Waals surface area contributed by atoms with E-state index in [1.807, 2.05) is 24.3 Å². The van der Waals surface area contributed by atoms with Crippen molar-refractivity contribution >= 4 is 32.1 Å². The van der Waals surface area contributed by atoms with Gasteiger partial charge in [0.15, 0.2) is 0 Å². The summed E-state index contributed by atoms with van der Waals surface area (Å²) in [4.78, 5) is 0. The molecular formula is C10H11BrO3S. The van der Waals surface area contributed by atoms with Crippen LogP contribution in [-0.4, -0.2) is 15.0 Å². The van der Waals surface area contributed by atoms with E-state index < -0.39 is 10.1 Å². The molecule has 0 aliphatic carbocycles. The van der Waals surface area contributed by atoms with Gasteiger partial charge >= 0.3 is 0 Å². The van der Waals surface area contributed by atoms with Crippen molar-refractivity contribution in [3.05, 3.63) is 39.7 Å². The van der Waals surface area contributed by atoms with Crippen molar-refractivity contribution in [3.8, 4) is 0 Å². The first kappa shape index (κ1) is 12.4. The topological polar surface area (TPSA) is 43.4 Å². The Morgan fingerprint density at radius 3 is 2.47 bits per heavy atom. The molecule has 0 amide bonds. The van der Waals surface area contributed by atoms with Crippen molar-refractivity contribution in [1.29, 1.82) is 0 Å². The third-order valence-electron chi connectivity index (χ3n) is 1.58. The molecule has 0 atom stereocenters. The highest BCUT2D eigenvalue weighted by Crippen LogP contribution is 2.12. The van der Waals surface area contributed by atoms with E-state index in [0.29, 0.717) is 0 Å². The number of halogens is 1. The van der Waals surface area contributed by atoms with Crippen LogP contribution in [0.15, 0.2) is 34.1 Å². The van der Waals surface area contributed by atoms with E-state index in [0.717, 1.165) is 15.4 Å². The van der Waals surface area contributed by atoms with Crippen LogP contribution in [0.2, 0.25) is 0 Å². The summed E-state index contributed by atoms with van der Waals surface area (Å²) in [6.07, 6.45) is 1.50. The van der Waals surface area contributed by atoms with Gasteiger partial charge in [-0.25, -0.2) is 0 Å². The highest BCUT2D eigenvalue weighted by molar-refractivity contribution is 9.10. The molecule has 82 valence electrons. The van der Waals surface area contributed by atoms with Gasteiger partial charge in [-0.3, -0.25) is 4.18 Å². The van der Waals surface area contributed by atoms with Crippen molar-refractivity contribution < 1.29 is 12.6 Å². The van der Waals surface area contributed by atoms with Crippen LogP contribution in [0.25, 0.3) is 6.08 Å². The van der Waals surface area contributed by atoms with Crippen molar-refractivity contribution in [3.63, 3.8) is 0 Å². The molecule has 3 nitrogen and oxygen atoms in total. The predicted molar refractivity (Wildman–Crippen MR) is 63.7 cm³/mol. The number of hydrogen-bond donors (Lipinski definition) is 0. The summed E-state index contributed by atoms with van der Waals surface area (Å²) in [6.45, 7) is 1.78. The lowest BCUT2D eigenvalue weighted by Crippen LogP contribution is -2.00. The molecule has 1 rings (SSSR count). The van der Waals surface area contributed by atoms with E-state index in [9.17, 15) is 8.42 Å². The normalized spacial score (nSPS) is 12.1. The van der Waals surface area contributed by atoms with Crippen molar-refractivity contribution in [1.82, 2.24) is 0 Å². The van der Waals surface area contributed by atoms with E-state index in [2.05, 4.69) is 20.1 Å². The van der Waals surface area contributed by atoms with Crippen LogP contribution < -0.4 is 0 Å². The molecule has 0 bridgehead atoms. The Bertz CT molecular complexity index is 434. The van der Waals surface area contributed by atoms with Crippen LogP contribution in [-0.2, 0) is 14.3 Å². The molecule has 5 heteroatoms. The minimum atomic E-state index is -3.53. The van der Waals surface area contributed by atoms with Crippen molar-refractivity contribution in [2.45, 2.75) is 6.92 Å². The molecule has 0 radical (unpaired) electrons. The molecule has 15 heavy (non-hydrogen) atoms. The van der Waals surface area contributed by atoms with E-state index in [1.165, 1.54) is 6.08 Å². The predicted octanol–water partition coefficient (Wildman–Crippen LogP) is 2.79. The zero-order chi connectivity index (χ0) is 11.3. The van der Waals surface area contributed by atoms with Crippen LogP contribution in [0.5, 0.6) is 0 Å². The highest BCUT2D eigenvalue weighted by atomic mass is 79.9. The van der Waals surface area contributed by atoms with Gasteiger partial charge < -0.3 is 0 Å². The fraction of sp³-hybridized carbons (Fsp3) is 0.200. The molecule has 1 aromatic rings. The minimum absolute atomic E-state index is 0.146. The van der Waals surface area contributed by atoms with E-state index >= 15 is 0 Å². The Morgan fingerprint density at radius 1 is 1.33 bits per heavy atom. The SMILES string of the molecule is CCOS(=O)(=O)C=Cc1ccc(Br)cc1.